The maximum absolute atomic E-state index is 12.6. The maximum Gasteiger partial charge on any atom is 0.343 e. The number of carbonyl (C=O) groups excluding carboxylic acids is 1. The summed E-state index contributed by atoms with van der Waals surface area (Å²) in [7, 11) is 0. The van der Waals surface area contributed by atoms with E-state index in [2.05, 4.69) is 13.8 Å². The van der Waals surface area contributed by atoms with Crippen LogP contribution in [0.1, 0.15) is 146 Å². The molecule has 0 spiro atoms. The second kappa shape index (κ2) is 21.2. The zero-order valence-corrected chi connectivity index (χ0v) is 26.8. The highest BCUT2D eigenvalue weighted by molar-refractivity contribution is 5.91. The van der Waals surface area contributed by atoms with E-state index in [1.54, 1.807) is 24.3 Å². The third-order valence-electron chi connectivity index (χ3n) is 8.85. The van der Waals surface area contributed by atoms with Crippen LogP contribution in [0.5, 0.6) is 17.2 Å². The van der Waals surface area contributed by atoms with Crippen LogP contribution >= 0.6 is 0 Å². The molecule has 2 aromatic carbocycles. The van der Waals surface area contributed by atoms with Crippen molar-refractivity contribution in [1.82, 2.24) is 0 Å². The fraction of sp³-hybridized carbons (Fsp3) is 0.658. The summed E-state index contributed by atoms with van der Waals surface area (Å²) in [6, 6.07) is 14.6. The number of unbranched alkanes of at least 4 members (excludes halogenated alkanes) is 10. The van der Waals surface area contributed by atoms with Crippen LogP contribution in [-0.4, -0.2) is 19.2 Å². The Labute approximate surface area is 256 Å². The normalized spacial score (nSPS) is 16.7. The largest absolute Gasteiger partial charge is 0.494 e. The minimum atomic E-state index is -0.366. The molecule has 1 aliphatic carbocycles. The summed E-state index contributed by atoms with van der Waals surface area (Å²) in [5.41, 5.74) is 0.515. The van der Waals surface area contributed by atoms with Crippen molar-refractivity contribution < 1.29 is 19.0 Å². The minimum Gasteiger partial charge on any atom is -0.494 e. The molecule has 0 aliphatic heterocycles. The van der Waals surface area contributed by atoms with Gasteiger partial charge in [-0.1, -0.05) is 117 Å². The maximum atomic E-state index is 12.6. The molecule has 1 saturated carbocycles. The van der Waals surface area contributed by atoms with Gasteiger partial charge in [0.25, 0.3) is 0 Å². The summed E-state index contributed by atoms with van der Waals surface area (Å²) in [5.74, 6) is 3.62. The molecule has 0 radical (unpaired) electrons. The zero-order valence-electron chi connectivity index (χ0n) is 26.8. The van der Waals surface area contributed by atoms with Crippen LogP contribution in [0.25, 0.3) is 0 Å². The fourth-order valence-electron chi connectivity index (χ4n) is 6.11. The highest BCUT2D eigenvalue weighted by atomic mass is 16.5. The Morgan fingerprint density at radius 2 is 0.976 bits per heavy atom. The van der Waals surface area contributed by atoms with Gasteiger partial charge in [0, 0.05) is 0 Å². The van der Waals surface area contributed by atoms with E-state index in [1.807, 2.05) is 24.3 Å². The van der Waals surface area contributed by atoms with Gasteiger partial charge in [-0.15, -0.1) is 0 Å². The van der Waals surface area contributed by atoms with E-state index in [0.717, 1.165) is 42.8 Å². The van der Waals surface area contributed by atoms with Gasteiger partial charge in [-0.25, -0.2) is 4.79 Å². The summed E-state index contributed by atoms with van der Waals surface area (Å²) in [6.45, 7) is 6.01. The van der Waals surface area contributed by atoms with E-state index in [9.17, 15) is 4.79 Å². The highest BCUT2D eigenvalue weighted by Crippen LogP contribution is 2.34. The summed E-state index contributed by atoms with van der Waals surface area (Å²) in [5, 5.41) is 0. The SMILES string of the molecule is CCCCCCCCCCCOc1ccc(C(=O)Oc2ccc(OCCCC3CCC(CCCCC)CC3)cc2)cc1. The molecular formula is C38H58O4. The van der Waals surface area contributed by atoms with Crippen LogP contribution in [-0.2, 0) is 0 Å². The van der Waals surface area contributed by atoms with Gasteiger partial charge in [0.1, 0.15) is 17.2 Å². The van der Waals surface area contributed by atoms with E-state index in [4.69, 9.17) is 14.2 Å². The lowest BCUT2D eigenvalue weighted by Gasteiger charge is -2.28. The molecule has 4 heteroatoms. The van der Waals surface area contributed by atoms with Gasteiger partial charge < -0.3 is 14.2 Å². The number of rotatable bonds is 22. The van der Waals surface area contributed by atoms with Crippen molar-refractivity contribution in [1.29, 1.82) is 0 Å². The molecule has 42 heavy (non-hydrogen) atoms. The first kappa shape index (κ1) is 34.0. The summed E-state index contributed by atoms with van der Waals surface area (Å²) in [4.78, 5) is 12.6. The molecule has 1 aliphatic rings. The van der Waals surface area contributed by atoms with E-state index < -0.39 is 0 Å². The lowest BCUT2D eigenvalue weighted by molar-refractivity contribution is 0.0734. The van der Waals surface area contributed by atoms with Gasteiger partial charge >= 0.3 is 5.97 Å². The predicted molar refractivity (Wildman–Crippen MR) is 175 cm³/mol. The average molecular weight is 579 g/mol. The zero-order chi connectivity index (χ0) is 29.7. The van der Waals surface area contributed by atoms with Crippen molar-refractivity contribution in [3.63, 3.8) is 0 Å². The Balaban J connectivity index is 1.24. The molecule has 3 rings (SSSR count). The van der Waals surface area contributed by atoms with Gasteiger partial charge in [-0.05, 0) is 79.6 Å². The van der Waals surface area contributed by atoms with Crippen molar-refractivity contribution in [2.75, 3.05) is 13.2 Å². The topological polar surface area (TPSA) is 44.8 Å². The quantitative estimate of drug-likeness (QED) is 0.0792. The molecule has 1 fully saturated rings. The summed E-state index contributed by atoms with van der Waals surface area (Å²) >= 11 is 0. The molecule has 2 aromatic rings. The number of esters is 1. The molecule has 234 valence electrons. The number of hydrogen-bond donors (Lipinski definition) is 0. The van der Waals surface area contributed by atoms with Crippen molar-refractivity contribution in [3.05, 3.63) is 54.1 Å². The van der Waals surface area contributed by atoms with Crippen molar-refractivity contribution >= 4 is 5.97 Å². The Hall–Kier alpha value is -2.49. The van der Waals surface area contributed by atoms with E-state index >= 15 is 0 Å². The Morgan fingerprint density at radius 1 is 0.548 bits per heavy atom. The van der Waals surface area contributed by atoms with Crippen molar-refractivity contribution in [3.8, 4) is 17.2 Å². The van der Waals surface area contributed by atoms with Crippen LogP contribution in [0.2, 0.25) is 0 Å². The van der Waals surface area contributed by atoms with E-state index in [1.165, 1.54) is 109 Å². The number of carbonyl (C=O) groups is 1. The molecule has 0 atom stereocenters. The number of hydrogen-bond acceptors (Lipinski definition) is 4. The molecule has 0 heterocycles. The lowest BCUT2D eigenvalue weighted by Crippen LogP contribution is -2.15. The Morgan fingerprint density at radius 3 is 1.55 bits per heavy atom. The van der Waals surface area contributed by atoms with Gasteiger partial charge in [-0.2, -0.15) is 0 Å². The summed E-state index contributed by atoms with van der Waals surface area (Å²) in [6.07, 6.45) is 25.3. The van der Waals surface area contributed by atoms with Crippen molar-refractivity contribution in [2.24, 2.45) is 11.8 Å². The Bertz CT molecular complexity index is 944. The number of benzene rings is 2. The van der Waals surface area contributed by atoms with Crippen molar-refractivity contribution in [2.45, 2.75) is 136 Å². The highest BCUT2D eigenvalue weighted by Gasteiger charge is 2.20. The van der Waals surface area contributed by atoms with Gasteiger partial charge in [0.15, 0.2) is 0 Å². The predicted octanol–water partition coefficient (Wildman–Crippen LogP) is 11.4. The molecule has 0 unspecified atom stereocenters. The molecule has 0 bridgehead atoms. The number of ether oxygens (including phenoxy) is 3. The van der Waals surface area contributed by atoms with Gasteiger partial charge in [0.05, 0.1) is 18.8 Å². The Kier molecular flexibility index (Phi) is 17.2. The smallest absolute Gasteiger partial charge is 0.343 e. The van der Waals surface area contributed by atoms with Gasteiger partial charge in [-0.3, -0.25) is 0 Å². The first-order valence-electron chi connectivity index (χ1n) is 17.4. The molecular weight excluding hydrogens is 520 g/mol. The van der Waals surface area contributed by atoms with Crippen LogP contribution in [0.15, 0.2) is 48.5 Å². The third-order valence-corrected chi connectivity index (χ3v) is 8.85. The second-order valence-electron chi connectivity index (χ2n) is 12.4. The molecule has 0 aromatic heterocycles. The fourth-order valence-corrected chi connectivity index (χ4v) is 6.11. The average Bonchev–Trinajstić information content (AvgIpc) is 3.02. The first-order chi connectivity index (χ1) is 20.7. The first-order valence-corrected chi connectivity index (χ1v) is 17.4. The molecule has 0 N–H and O–H groups in total. The van der Waals surface area contributed by atoms with Crippen LogP contribution in [0.3, 0.4) is 0 Å². The van der Waals surface area contributed by atoms with Crippen LogP contribution in [0, 0.1) is 11.8 Å². The lowest BCUT2D eigenvalue weighted by atomic mass is 9.78. The summed E-state index contributed by atoms with van der Waals surface area (Å²) < 4.78 is 17.4. The molecule has 0 amide bonds. The third kappa shape index (κ3) is 14.1. The standard InChI is InChI=1S/C38H58O4/c1-3-5-7-8-9-10-11-12-14-30-40-35-24-22-34(23-25-35)38(39)42-37-28-26-36(27-29-37)41-31-15-17-33-20-18-32(19-21-33)16-13-6-4-2/h22-29,32-33H,3-21,30-31H2,1-2H3. The monoisotopic (exact) mass is 578 g/mol. The van der Waals surface area contributed by atoms with Crippen LogP contribution < -0.4 is 14.2 Å². The van der Waals surface area contributed by atoms with Gasteiger partial charge in [0.2, 0.25) is 0 Å². The minimum absolute atomic E-state index is 0.366. The van der Waals surface area contributed by atoms with E-state index in [0.29, 0.717) is 17.9 Å². The van der Waals surface area contributed by atoms with E-state index in [-0.39, 0.29) is 5.97 Å². The molecule has 0 saturated heterocycles. The second-order valence-corrected chi connectivity index (χ2v) is 12.4. The van der Waals surface area contributed by atoms with Crippen LogP contribution in [0.4, 0.5) is 0 Å². The molecule has 4 nitrogen and oxygen atoms in total.